The summed E-state index contributed by atoms with van der Waals surface area (Å²) < 4.78 is 42.1. The number of aryl methyl sites for hydroxylation is 1. The van der Waals surface area contributed by atoms with Gasteiger partial charge >= 0.3 is 0 Å². The Morgan fingerprint density at radius 1 is 1.28 bits per heavy atom. The van der Waals surface area contributed by atoms with Gasteiger partial charge in [-0.25, -0.2) is 22.3 Å². The van der Waals surface area contributed by atoms with Crippen molar-refractivity contribution < 1.29 is 12.8 Å². The lowest BCUT2D eigenvalue weighted by Crippen LogP contribution is -2.37. The second-order valence-electron chi connectivity index (χ2n) is 5.95. The number of halogens is 2. The lowest BCUT2D eigenvalue weighted by atomic mass is 10.1. The van der Waals surface area contributed by atoms with Gasteiger partial charge in [-0.15, -0.1) is 0 Å². The van der Waals surface area contributed by atoms with E-state index in [1.807, 2.05) is 13.0 Å². The second-order valence-corrected chi connectivity index (χ2v) is 8.30. The van der Waals surface area contributed by atoms with E-state index in [1.54, 1.807) is 10.7 Å². The van der Waals surface area contributed by atoms with Crippen LogP contribution in [0, 0.1) is 12.7 Å². The summed E-state index contributed by atoms with van der Waals surface area (Å²) in [5, 5.41) is 4.21. The topological polar surface area (TPSA) is 67.6 Å². The van der Waals surface area contributed by atoms with Crippen LogP contribution in [0.15, 0.2) is 35.4 Å². The Kier molecular flexibility index (Phi) is 3.78. The summed E-state index contributed by atoms with van der Waals surface area (Å²) in [5.41, 5.74) is 3.37. The highest BCUT2D eigenvalue weighted by molar-refractivity contribution is 7.89. The summed E-state index contributed by atoms with van der Waals surface area (Å²) in [5.74, 6) is -0.648. The molecule has 0 unspecified atom stereocenters. The van der Waals surface area contributed by atoms with Crippen LogP contribution in [-0.4, -0.2) is 33.9 Å². The number of aromatic nitrogens is 3. The van der Waals surface area contributed by atoms with Crippen molar-refractivity contribution in [3.8, 4) is 0 Å². The molecule has 0 saturated heterocycles. The van der Waals surface area contributed by atoms with Crippen molar-refractivity contribution in [1.29, 1.82) is 0 Å². The molecule has 0 N–H and O–H groups in total. The fourth-order valence-corrected chi connectivity index (χ4v) is 4.71. The maximum absolute atomic E-state index is 13.3. The van der Waals surface area contributed by atoms with Gasteiger partial charge in [-0.1, -0.05) is 11.6 Å². The van der Waals surface area contributed by atoms with Gasteiger partial charge in [0.2, 0.25) is 10.0 Å². The molecule has 2 aromatic heterocycles. The fourth-order valence-electron chi connectivity index (χ4n) is 3.02. The lowest BCUT2D eigenvalue weighted by Gasteiger charge is -2.28. The monoisotopic (exact) mass is 380 g/mol. The molecule has 4 rings (SSSR count). The zero-order valence-electron chi connectivity index (χ0n) is 13.3. The molecule has 25 heavy (non-hydrogen) atoms. The third kappa shape index (κ3) is 2.70. The first-order valence-electron chi connectivity index (χ1n) is 7.64. The van der Waals surface area contributed by atoms with Crippen LogP contribution in [0.5, 0.6) is 0 Å². The zero-order chi connectivity index (χ0) is 17.8. The van der Waals surface area contributed by atoms with Crippen LogP contribution >= 0.6 is 11.6 Å². The number of sulfonamides is 1. The Bertz CT molecular complexity index is 1100. The molecule has 1 aromatic carbocycles. The van der Waals surface area contributed by atoms with E-state index in [-0.39, 0.29) is 16.5 Å². The van der Waals surface area contributed by atoms with Crippen LogP contribution in [0.25, 0.3) is 5.65 Å². The van der Waals surface area contributed by atoms with E-state index in [1.165, 1.54) is 10.4 Å². The first-order chi connectivity index (χ1) is 11.9. The summed E-state index contributed by atoms with van der Waals surface area (Å²) in [6, 6.07) is 5.30. The molecule has 6 nitrogen and oxygen atoms in total. The molecule has 1 aliphatic heterocycles. The Morgan fingerprint density at radius 3 is 2.84 bits per heavy atom. The van der Waals surface area contributed by atoms with Crippen LogP contribution in [0.1, 0.15) is 17.0 Å². The van der Waals surface area contributed by atoms with Crippen LogP contribution in [-0.2, 0) is 23.0 Å². The van der Waals surface area contributed by atoms with E-state index >= 15 is 0 Å². The molecular weight excluding hydrogens is 367 g/mol. The van der Waals surface area contributed by atoms with Crippen molar-refractivity contribution in [2.24, 2.45) is 0 Å². The van der Waals surface area contributed by atoms with Crippen molar-refractivity contribution in [1.82, 2.24) is 18.9 Å². The van der Waals surface area contributed by atoms with E-state index in [0.717, 1.165) is 34.7 Å². The highest BCUT2D eigenvalue weighted by atomic mass is 35.5. The molecule has 0 atom stereocenters. The van der Waals surface area contributed by atoms with Crippen LogP contribution in [0.4, 0.5) is 4.39 Å². The van der Waals surface area contributed by atoms with E-state index < -0.39 is 15.8 Å². The Hall–Kier alpha value is -2.03. The van der Waals surface area contributed by atoms with Gasteiger partial charge in [0.05, 0.1) is 21.3 Å². The number of fused-ring (bicyclic) bond motifs is 3. The van der Waals surface area contributed by atoms with Gasteiger partial charge in [0.15, 0.2) is 5.65 Å². The first-order valence-corrected chi connectivity index (χ1v) is 9.46. The minimum atomic E-state index is -3.77. The van der Waals surface area contributed by atoms with Crippen LogP contribution in [0.3, 0.4) is 0 Å². The maximum atomic E-state index is 13.3. The average molecular weight is 381 g/mol. The number of rotatable bonds is 2. The van der Waals surface area contributed by atoms with Gasteiger partial charge in [0.25, 0.3) is 0 Å². The predicted molar refractivity (Wildman–Crippen MR) is 90.4 cm³/mol. The molecule has 0 bridgehead atoms. The SMILES string of the molecule is Cc1cc2ncc3c(n2n1)CCN(S(=O)(=O)c1ccc(F)c(Cl)c1)C3. The van der Waals surface area contributed by atoms with E-state index in [9.17, 15) is 12.8 Å². The lowest BCUT2D eigenvalue weighted by molar-refractivity contribution is 0.384. The molecular formula is C16H14ClFN4O2S. The van der Waals surface area contributed by atoms with Crippen LogP contribution < -0.4 is 0 Å². The van der Waals surface area contributed by atoms with Crippen LogP contribution in [0.2, 0.25) is 5.02 Å². The Labute approximate surface area is 148 Å². The average Bonchev–Trinajstić information content (AvgIpc) is 2.97. The first kappa shape index (κ1) is 16.4. The van der Waals surface area contributed by atoms with Gasteiger partial charge in [-0.2, -0.15) is 9.40 Å². The van der Waals surface area contributed by atoms with Crippen molar-refractivity contribution >= 4 is 27.3 Å². The van der Waals surface area contributed by atoms with Crippen molar-refractivity contribution in [2.75, 3.05) is 6.54 Å². The van der Waals surface area contributed by atoms with E-state index in [4.69, 9.17) is 11.6 Å². The minimum absolute atomic E-state index is 0.0219. The van der Waals surface area contributed by atoms with E-state index in [0.29, 0.717) is 13.0 Å². The second kappa shape index (κ2) is 5.76. The highest BCUT2D eigenvalue weighted by Gasteiger charge is 2.30. The molecule has 3 heterocycles. The Balaban J connectivity index is 1.72. The number of benzene rings is 1. The van der Waals surface area contributed by atoms with Gasteiger partial charge in [-0.3, -0.25) is 0 Å². The smallest absolute Gasteiger partial charge is 0.237 e. The number of hydrogen-bond acceptors (Lipinski definition) is 4. The van der Waals surface area contributed by atoms with E-state index in [2.05, 4.69) is 10.1 Å². The molecule has 0 radical (unpaired) electrons. The minimum Gasteiger partial charge on any atom is -0.237 e. The summed E-state index contributed by atoms with van der Waals surface area (Å²) in [6.45, 7) is 2.38. The standard InChI is InChI=1S/C16H14ClFN4O2S/c1-10-6-16-19-8-11-9-21(5-4-15(11)22(16)20-10)25(23,24)12-2-3-14(18)13(17)7-12/h2-3,6-8H,4-5,9H2,1H3. The van der Waals surface area contributed by atoms with Gasteiger partial charge in [-0.05, 0) is 25.1 Å². The summed E-state index contributed by atoms with van der Waals surface area (Å²) in [7, 11) is -3.77. The zero-order valence-corrected chi connectivity index (χ0v) is 14.9. The summed E-state index contributed by atoms with van der Waals surface area (Å²) in [4.78, 5) is 4.32. The number of hydrogen-bond donors (Lipinski definition) is 0. The molecule has 0 saturated carbocycles. The molecule has 130 valence electrons. The van der Waals surface area contributed by atoms with Crippen molar-refractivity contribution in [3.05, 3.63) is 58.3 Å². The maximum Gasteiger partial charge on any atom is 0.243 e. The Morgan fingerprint density at radius 2 is 2.08 bits per heavy atom. The summed E-state index contributed by atoms with van der Waals surface area (Å²) >= 11 is 5.73. The van der Waals surface area contributed by atoms with Gasteiger partial charge < -0.3 is 0 Å². The molecule has 0 aliphatic carbocycles. The molecule has 3 aromatic rings. The number of nitrogens with zero attached hydrogens (tertiary/aromatic N) is 4. The normalized spacial score (nSPS) is 15.5. The summed E-state index contributed by atoms with van der Waals surface area (Å²) in [6.07, 6.45) is 2.20. The quantitative estimate of drug-likeness (QED) is 0.685. The van der Waals surface area contributed by atoms with Gasteiger partial charge in [0.1, 0.15) is 5.82 Å². The van der Waals surface area contributed by atoms with Crippen molar-refractivity contribution in [2.45, 2.75) is 24.8 Å². The van der Waals surface area contributed by atoms with Gasteiger partial charge in [0, 0.05) is 37.3 Å². The third-order valence-electron chi connectivity index (χ3n) is 4.27. The molecule has 0 amide bonds. The third-order valence-corrected chi connectivity index (χ3v) is 6.40. The largest absolute Gasteiger partial charge is 0.243 e. The van der Waals surface area contributed by atoms with Crippen molar-refractivity contribution in [3.63, 3.8) is 0 Å². The fraction of sp³-hybridized carbons (Fsp3) is 0.250. The molecule has 0 fully saturated rings. The highest BCUT2D eigenvalue weighted by Crippen LogP contribution is 2.27. The molecule has 0 spiro atoms. The predicted octanol–water partition coefficient (Wildman–Crippen LogP) is 2.58. The molecule has 9 heteroatoms. The molecule has 1 aliphatic rings.